The van der Waals surface area contributed by atoms with Gasteiger partial charge in [-0.05, 0) is 28.1 Å². The Balaban J connectivity index is 2.22. The molecule has 0 aromatic carbocycles. The normalized spacial score (nSPS) is 15.3. The fourth-order valence-corrected chi connectivity index (χ4v) is 2.50. The summed E-state index contributed by atoms with van der Waals surface area (Å²) in [4.78, 5) is 12.4. The summed E-state index contributed by atoms with van der Waals surface area (Å²) in [5.41, 5.74) is 0. The number of rotatable bonds is 2. The summed E-state index contributed by atoms with van der Waals surface area (Å²) < 4.78 is 6.13. The van der Waals surface area contributed by atoms with Crippen molar-refractivity contribution >= 4 is 33.0 Å². The quantitative estimate of drug-likeness (QED) is 0.763. The second-order valence-electron chi connectivity index (χ2n) is 2.66. The molecule has 0 aliphatic carbocycles. The monoisotopic (exact) mass is 258 g/mol. The largest absolute Gasteiger partial charge is 0.489 e. The zero-order valence-electron chi connectivity index (χ0n) is 6.75. The fraction of sp³-hybridized carbons (Fsp3) is 0.222. The number of ketones is 1. The third kappa shape index (κ3) is 1.84. The number of Topliss-reactive ketones (excluding diaryl/α,β-unsaturated/α-hetero) is 1. The first kappa shape index (κ1) is 8.97. The van der Waals surface area contributed by atoms with E-state index in [9.17, 15) is 4.79 Å². The van der Waals surface area contributed by atoms with Crippen LogP contribution in [0, 0.1) is 0 Å². The van der Waals surface area contributed by atoms with Gasteiger partial charge in [-0.1, -0.05) is 0 Å². The SMILES string of the molecule is O=C(C1=CCCO1)c1cc(Br)cs1. The van der Waals surface area contributed by atoms with Gasteiger partial charge in [-0.2, -0.15) is 0 Å². The molecule has 1 aromatic rings. The lowest BCUT2D eigenvalue weighted by atomic mass is 10.2. The van der Waals surface area contributed by atoms with E-state index in [-0.39, 0.29) is 5.78 Å². The Morgan fingerprint density at radius 2 is 2.46 bits per heavy atom. The first-order valence-corrected chi connectivity index (χ1v) is 5.56. The van der Waals surface area contributed by atoms with Crippen LogP contribution in [0.2, 0.25) is 0 Å². The molecule has 0 unspecified atom stereocenters. The molecule has 2 nitrogen and oxygen atoms in total. The topological polar surface area (TPSA) is 26.3 Å². The van der Waals surface area contributed by atoms with Gasteiger partial charge in [0.15, 0.2) is 5.76 Å². The molecule has 4 heteroatoms. The molecule has 2 rings (SSSR count). The van der Waals surface area contributed by atoms with Gasteiger partial charge in [-0.15, -0.1) is 11.3 Å². The van der Waals surface area contributed by atoms with Gasteiger partial charge in [0.25, 0.3) is 0 Å². The lowest BCUT2D eigenvalue weighted by molar-refractivity contribution is 0.0946. The molecule has 1 aliphatic heterocycles. The molecule has 1 aromatic heterocycles. The highest BCUT2D eigenvalue weighted by Gasteiger charge is 2.18. The zero-order chi connectivity index (χ0) is 9.26. The molecule has 0 amide bonds. The van der Waals surface area contributed by atoms with Gasteiger partial charge in [0.2, 0.25) is 5.78 Å². The molecular formula is C9H7BrO2S. The number of thiophene rings is 1. The average Bonchev–Trinajstić information content (AvgIpc) is 2.72. The first-order valence-electron chi connectivity index (χ1n) is 3.89. The number of carbonyl (C=O) groups excluding carboxylic acids is 1. The molecule has 68 valence electrons. The van der Waals surface area contributed by atoms with Gasteiger partial charge in [-0.3, -0.25) is 4.79 Å². The lowest BCUT2D eigenvalue weighted by Gasteiger charge is -1.98. The summed E-state index contributed by atoms with van der Waals surface area (Å²) in [6.45, 7) is 0.633. The van der Waals surface area contributed by atoms with Crippen LogP contribution in [0.4, 0.5) is 0 Å². The van der Waals surface area contributed by atoms with Crippen LogP contribution in [-0.2, 0) is 4.74 Å². The van der Waals surface area contributed by atoms with Crippen molar-refractivity contribution in [1.29, 1.82) is 0 Å². The van der Waals surface area contributed by atoms with Crippen LogP contribution in [0.5, 0.6) is 0 Å². The van der Waals surface area contributed by atoms with Gasteiger partial charge in [-0.25, -0.2) is 0 Å². The van der Waals surface area contributed by atoms with Crippen molar-refractivity contribution < 1.29 is 9.53 Å². The van der Waals surface area contributed by atoms with Crippen molar-refractivity contribution in [2.45, 2.75) is 6.42 Å². The van der Waals surface area contributed by atoms with Crippen molar-refractivity contribution in [2.75, 3.05) is 6.61 Å². The average molecular weight is 259 g/mol. The predicted octanol–water partition coefficient (Wildman–Crippen LogP) is 3.00. The molecule has 0 spiro atoms. The molecule has 0 atom stereocenters. The summed E-state index contributed by atoms with van der Waals surface area (Å²) in [7, 11) is 0. The van der Waals surface area contributed by atoms with Gasteiger partial charge < -0.3 is 4.74 Å². The van der Waals surface area contributed by atoms with Crippen LogP contribution in [0.25, 0.3) is 0 Å². The molecule has 2 heterocycles. The van der Waals surface area contributed by atoms with E-state index in [0.29, 0.717) is 12.4 Å². The lowest BCUT2D eigenvalue weighted by Crippen LogP contribution is -2.01. The van der Waals surface area contributed by atoms with Crippen molar-refractivity contribution in [3.8, 4) is 0 Å². The van der Waals surface area contributed by atoms with Gasteiger partial charge in [0, 0.05) is 16.3 Å². The summed E-state index contributed by atoms with van der Waals surface area (Å²) >= 11 is 4.73. The van der Waals surface area contributed by atoms with E-state index in [1.165, 1.54) is 11.3 Å². The first-order chi connectivity index (χ1) is 6.27. The molecule has 0 N–H and O–H groups in total. The van der Waals surface area contributed by atoms with E-state index < -0.39 is 0 Å². The van der Waals surface area contributed by atoms with Crippen molar-refractivity contribution in [1.82, 2.24) is 0 Å². The summed E-state index contributed by atoms with van der Waals surface area (Å²) in [5.74, 6) is 0.488. The molecule has 0 bridgehead atoms. The minimum Gasteiger partial charge on any atom is -0.489 e. The summed E-state index contributed by atoms with van der Waals surface area (Å²) in [6, 6.07) is 1.82. The van der Waals surface area contributed by atoms with E-state index in [1.54, 1.807) is 0 Å². The fourth-order valence-electron chi connectivity index (χ4n) is 1.13. The molecular weight excluding hydrogens is 252 g/mol. The molecule has 1 aliphatic rings. The number of carbonyl (C=O) groups is 1. The Labute approximate surface area is 88.3 Å². The van der Waals surface area contributed by atoms with Crippen molar-refractivity contribution in [3.05, 3.63) is 32.6 Å². The molecule has 0 saturated heterocycles. The second kappa shape index (κ2) is 3.64. The van der Waals surface area contributed by atoms with E-state index >= 15 is 0 Å². The molecule has 0 radical (unpaired) electrons. The van der Waals surface area contributed by atoms with Gasteiger partial charge in [0.05, 0.1) is 11.5 Å². The Morgan fingerprint density at radius 1 is 1.62 bits per heavy atom. The van der Waals surface area contributed by atoms with Gasteiger partial charge >= 0.3 is 0 Å². The third-order valence-electron chi connectivity index (χ3n) is 1.72. The van der Waals surface area contributed by atoms with Crippen LogP contribution >= 0.6 is 27.3 Å². The molecule has 0 fully saturated rings. The number of hydrogen-bond acceptors (Lipinski definition) is 3. The molecule has 13 heavy (non-hydrogen) atoms. The van der Waals surface area contributed by atoms with Crippen molar-refractivity contribution in [2.24, 2.45) is 0 Å². The van der Waals surface area contributed by atoms with E-state index in [2.05, 4.69) is 15.9 Å². The van der Waals surface area contributed by atoms with Crippen molar-refractivity contribution in [3.63, 3.8) is 0 Å². The Morgan fingerprint density at radius 3 is 3.00 bits per heavy atom. The smallest absolute Gasteiger partial charge is 0.237 e. The summed E-state index contributed by atoms with van der Waals surface area (Å²) in [5, 5.41) is 1.89. The highest BCUT2D eigenvalue weighted by molar-refractivity contribution is 9.10. The van der Waals surface area contributed by atoms with Crippen LogP contribution < -0.4 is 0 Å². The number of halogens is 1. The Kier molecular flexibility index (Phi) is 2.51. The maximum absolute atomic E-state index is 11.7. The van der Waals surface area contributed by atoms with E-state index in [0.717, 1.165) is 15.8 Å². The van der Waals surface area contributed by atoms with Crippen LogP contribution in [0.15, 0.2) is 27.8 Å². The van der Waals surface area contributed by atoms with Crippen LogP contribution in [0.3, 0.4) is 0 Å². The number of ether oxygens (including phenoxy) is 1. The predicted molar refractivity (Wildman–Crippen MR) is 55.0 cm³/mol. The van der Waals surface area contributed by atoms with E-state index in [1.807, 2.05) is 17.5 Å². The molecule has 0 saturated carbocycles. The van der Waals surface area contributed by atoms with Crippen LogP contribution in [-0.4, -0.2) is 12.4 Å². The Bertz CT molecular complexity index is 367. The van der Waals surface area contributed by atoms with E-state index in [4.69, 9.17) is 4.74 Å². The number of hydrogen-bond donors (Lipinski definition) is 0. The highest BCUT2D eigenvalue weighted by atomic mass is 79.9. The van der Waals surface area contributed by atoms with Crippen LogP contribution in [0.1, 0.15) is 16.1 Å². The minimum atomic E-state index is -0.00630. The standard InChI is InChI=1S/C9H7BrO2S/c10-6-4-8(13-5-6)9(11)7-2-1-3-12-7/h2,4-5H,1,3H2. The third-order valence-corrected chi connectivity index (χ3v) is 3.41. The Hall–Kier alpha value is -0.610. The highest BCUT2D eigenvalue weighted by Crippen LogP contribution is 2.24. The maximum Gasteiger partial charge on any atom is 0.237 e. The zero-order valence-corrected chi connectivity index (χ0v) is 9.15. The maximum atomic E-state index is 11.7. The van der Waals surface area contributed by atoms with Gasteiger partial charge in [0.1, 0.15) is 0 Å². The minimum absolute atomic E-state index is 0.00630. The number of allylic oxidation sites excluding steroid dienone is 1. The second-order valence-corrected chi connectivity index (χ2v) is 4.49. The summed E-state index contributed by atoms with van der Waals surface area (Å²) in [6.07, 6.45) is 2.68.